The van der Waals surface area contributed by atoms with Crippen LogP contribution in [0.1, 0.15) is 5.56 Å². The van der Waals surface area contributed by atoms with Gasteiger partial charge in [-0.25, -0.2) is 0 Å². The summed E-state index contributed by atoms with van der Waals surface area (Å²) in [4.78, 5) is 11.8. The minimum Gasteiger partial charge on any atom is -0.324 e. The molecule has 1 N–H and O–H groups in total. The minimum absolute atomic E-state index is 0.0211. The second-order valence-electron chi connectivity index (χ2n) is 4.01. The van der Waals surface area contributed by atoms with Gasteiger partial charge in [0.1, 0.15) is 0 Å². The number of hydrogen-bond donors (Lipinski definition) is 1. The van der Waals surface area contributed by atoms with E-state index in [2.05, 4.69) is 33.4 Å². The normalized spacial score (nSPS) is 10.2. The summed E-state index contributed by atoms with van der Waals surface area (Å²) in [6, 6.07) is 17.8. The van der Waals surface area contributed by atoms with Crippen LogP contribution in [0.4, 0.5) is 5.69 Å². The van der Waals surface area contributed by atoms with Crippen molar-refractivity contribution in [2.45, 2.75) is 5.75 Å². The molecule has 1 amide bonds. The van der Waals surface area contributed by atoms with Crippen molar-refractivity contribution in [1.82, 2.24) is 0 Å². The quantitative estimate of drug-likeness (QED) is 0.881. The fourth-order valence-electron chi connectivity index (χ4n) is 1.58. The molecule has 0 fully saturated rings. The van der Waals surface area contributed by atoms with Gasteiger partial charge in [0.2, 0.25) is 5.91 Å². The molecule has 2 nitrogen and oxygen atoms in total. The number of amides is 1. The van der Waals surface area contributed by atoms with Crippen molar-refractivity contribution in [1.29, 1.82) is 0 Å². The van der Waals surface area contributed by atoms with Crippen LogP contribution in [0.15, 0.2) is 59.1 Å². The van der Waals surface area contributed by atoms with E-state index < -0.39 is 0 Å². The van der Waals surface area contributed by atoms with E-state index in [1.807, 2.05) is 42.5 Å². The fraction of sp³-hybridized carbons (Fsp3) is 0.133. The number of carbonyl (C=O) groups excluding carboxylic acids is 1. The first-order valence-corrected chi connectivity index (χ1v) is 7.86. The lowest BCUT2D eigenvalue weighted by Gasteiger charge is -2.07. The van der Waals surface area contributed by atoms with Crippen molar-refractivity contribution in [3.8, 4) is 0 Å². The average molecular weight is 336 g/mol. The Labute approximate surface area is 125 Å². The van der Waals surface area contributed by atoms with Crippen LogP contribution in [0.25, 0.3) is 0 Å². The van der Waals surface area contributed by atoms with E-state index in [0.717, 1.165) is 15.9 Å². The molecular weight excluding hydrogens is 322 g/mol. The third-order valence-corrected chi connectivity index (χ3v) is 4.19. The van der Waals surface area contributed by atoms with Gasteiger partial charge in [0, 0.05) is 10.2 Å². The highest BCUT2D eigenvalue weighted by Crippen LogP contribution is 2.21. The Balaban J connectivity index is 1.78. The number of benzene rings is 2. The second-order valence-corrected chi connectivity index (χ2v) is 5.85. The Morgan fingerprint density at radius 3 is 2.47 bits per heavy atom. The molecular formula is C15H14BrNOS. The number of carbonyl (C=O) groups is 1. The second kappa shape index (κ2) is 7.36. The predicted octanol–water partition coefficient (Wildman–Crippen LogP) is 4.32. The van der Waals surface area contributed by atoms with Crippen molar-refractivity contribution in [3.05, 3.63) is 64.6 Å². The van der Waals surface area contributed by atoms with E-state index in [0.29, 0.717) is 5.75 Å². The first kappa shape index (κ1) is 14.2. The van der Waals surface area contributed by atoms with Crippen molar-refractivity contribution in [3.63, 3.8) is 0 Å². The van der Waals surface area contributed by atoms with E-state index in [4.69, 9.17) is 0 Å². The third kappa shape index (κ3) is 4.73. The maximum atomic E-state index is 11.8. The van der Waals surface area contributed by atoms with Crippen molar-refractivity contribution in [2.75, 3.05) is 11.1 Å². The topological polar surface area (TPSA) is 29.1 Å². The highest BCUT2D eigenvalue weighted by molar-refractivity contribution is 9.10. The molecule has 0 radical (unpaired) electrons. The molecule has 2 aromatic rings. The van der Waals surface area contributed by atoms with E-state index in [1.165, 1.54) is 5.56 Å². The summed E-state index contributed by atoms with van der Waals surface area (Å²) in [6.45, 7) is 0. The Bertz CT molecular complexity index is 545. The molecule has 0 saturated carbocycles. The summed E-state index contributed by atoms with van der Waals surface area (Å²) in [5, 5.41) is 2.89. The molecule has 0 aromatic heterocycles. The van der Waals surface area contributed by atoms with Gasteiger partial charge in [0.05, 0.1) is 11.4 Å². The van der Waals surface area contributed by atoms with Crippen LogP contribution < -0.4 is 5.32 Å². The van der Waals surface area contributed by atoms with Crippen molar-refractivity contribution in [2.24, 2.45) is 0 Å². The number of anilines is 1. The SMILES string of the molecule is O=C(CSCc1ccccc1)Nc1ccccc1Br. The molecule has 0 aliphatic rings. The van der Waals surface area contributed by atoms with E-state index in [9.17, 15) is 4.79 Å². The largest absolute Gasteiger partial charge is 0.324 e. The van der Waals surface area contributed by atoms with Crippen LogP contribution in [0.2, 0.25) is 0 Å². The zero-order valence-electron chi connectivity index (χ0n) is 10.3. The number of rotatable bonds is 5. The molecule has 4 heteroatoms. The van der Waals surface area contributed by atoms with E-state index >= 15 is 0 Å². The zero-order chi connectivity index (χ0) is 13.5. The molecule has 0 spiro atoms. The molecule has 0 unspecified atom stereocenters. The van der Waals surface area contributed by atoms with Crippen molar-refractivity contribution < 1.29 is 4.79 Å². The lowest BCUT2D eigenvalue weighted by molar-refractivity contribution is -0.113. The van der Waals surface area contributed by atoms with Gasteiger partial charge in [-0.1, -0.05) is 42.5 Å². The first-order valence-electron chi connectivity index (χ1n) is 5.92. The summed E-state index contributed by atoms with van der Waals surface area (Å²) in [6.07, 6.45) is 0. The van der Waals surface area contributed by atoms with E-state index in [1.54, 1.807) is 11.8 Å². The van der Waals surface area contributed by atoms with Gasteiger partial charge in [-0.3, -0.25) is 4.79 Å². The number of hydrogen-bond acceptors (Lipinski definition) is 2. The van der Waals surface area contributed by atoms with Crippen LogP contribution >= 0.6 is 27.7 Å². The van der Waals surface area contributed by atoms with Crippen LogP contribution in [0, 0.1) is 0 Å². The van der Waals surface area contributed by atoms with Crippen LogP contribution in [-0.2, 0) is 10.5 Å². The smallest absolute Gasteiger partial charge is 0.234 e. The number of thioether (sulfide) groups is 1. The average Bonchev–Trinajstić information content (AvgIpc) is 2.43. The molecule has 19 heavy (non-hydrogen) atoms. The van der Waals surface area contributed by atoms with Gasteiger partial charge < -0.3 is 5.32 Å². The first-order chi connectivity index (χ1) is 9.25. The lowest BCUT2D eigenvalue weighted by atomic mass is 10.2. The Morgan fingerprint density at radius 1 is 1.05 bits per heavy atom. The molecule has 0 aliphatic heterocycles. The van der Waals surface area contributed by atoms with Gasteiger partial charge in [-0.2, -0.15) is 0 Å². The van der Waals surface area contributed by atoms with Gasteiger partial charge >= 0.3 is 0 Å². The summed E-state index contributed by atoms with van der Waals surface area (Å²) < 4.78 is 0.899. The van der Waals surface area contributed by atoms with E-state index in [-0.39, 0.29) is 5.91 Å². The van der Waals surface area contributed by atoms with Crippen molar-refractivity contribution >= 4 is 39.3 Å². The Morgan fingerprint density at radius 2 is 1.74 bits per heavy atom. The summed E-state index contributed by atoms with van der Waals surface area (Å²) in [5.41, 5.74) is 2.05. The molecule has 0 heterocycles. The number of halogens is 1. The fourth-order valence-corrected chi connectivity index (χ4v) is 2.76. The summed E-state index contributed by atoms with van der Waals surface area (Å²) >= 11 is 5.02. The van der Waals surface area contributed by atoms with Crippen LogP contribution in [-0.4, -0.2) is 11.7 Å². The summed E-state index contributed by atoms with van der Waals surface area (Å²) in [5.74, 6) is 1.33. The monoisotopic (exact) mass is 335 g/mol. The Hall–Kier alpha value is -1.26. The van der Waals surface area contributed by atoms with Crippen LogP contribution in [0.3, 0.4) is 0 Å². The van der Waals surface area contributed by atoms with Gasteiger partial charge in [-0.15, -0.1) is 11.8 Å². The van der Waals surface area contributed by atoms with Gasteiger partial charge in [-0.05, 0) is 33.6 Å². The molecule has 0 saturated heterocycles. The Kier molecular flexibility index (Phi) is 5.48. The molecule has 0 aliphatic carbocycles. The van der Waals surface area contributed by atoms with Crippen LogP contribution in [0.5, 0.6) is 0 Å². The zero-order valence-corrected chi connectivity index (χ0v) is 12.7. The third-order valence-electron chi connectivity index (χ3n) is 2.49. The molecule has 2 rings (SSSR count). The highest BCUT2D eigenvalue weighted by atomic mass is 79.9. The molecule has 2 aromatic carbocycles. The number of nitrogens with one attached hydrogen (secondary N) is 1. The van der Waals surface area contributed by atoms with Gasteiger partial charge in [0.25, 0.3) is 0 Å². The minimum atomic E-state index is 0.0211. The van der Waals surface area contributed by atoms with Gasteiger partial charge in [0.15, 0.2) is 0 Å². The highest BCUT2D eigenvalue weighted by Gasteiger charge is 2.05. The number of para-hydroxylation sites is 1. The maximum Gasteiger partial charge on any atom is 0.234 e. The lowest BCUT2D eigenvalue weighted by Crippen LogP contribution is -2.14. The standard InChI is InChI=1S/C15H14BrNOS/c16-13-8-4-5-9-14(13)17-15(18)11-19-10-12-6-2-1-3-7-12/h1-9H,10-11H2,(H,17,18). The predicted molar refractivity (Wildman–Crippen MR) is 85.4 cm³/mol. The maximum absolute atomic E-state index is 11.8. The molecule has 0 bridgehead atoms. The molecule has 98 valence electrons. The summed E-state index contributed by atoms with van der Waals surface area (Å²) in [7, 11) is 0. The molecule has 0 atom stereocenters.